The van der Waals surface area contributed by atoms with Gasteiger partial charge >= 0.3 is 182 Å². The van der Waals surface area contributed by atoms with Gasteiger partial charge in [-0.3, -0.25) is 29.1 Å². The molecule has 143 heavy (non-hydrogen) atoms. The molecule has 3 radical (unpaired) electrons. The number of aromatic nitrogens is 2. The van der Waals surface area contributed by atoms with Crippen LogP contribution in [-0.2, 0) is 64.9 Å². The largest absolute Gasteiger partial charge is 1.00 e. The van der Waals surface area contributed by atoms with Gasteiger partial charge in [0, 0.05) is 74.5 Å². The molecule has 2 unspecified atom stereocenters. The first-order chi connectivity index (χ1) is 66.4. The van der Waals surface area contributed by atoms with Crippen LogP contribution in [0.4, 0.5) is 0 Å². The monoisotopic (exact) mass is 2330 g/mol. The minimum absolute atomic E-state index is 0. The van der Waals surface area contributed by atoms with E-state index in [4.69, 9.17) is 43.1 Å². The molecule has 2 saturated heterocycles. The van der Waals surface area contributed by atoms with Gasteiger partial charge in [-0.2, -0.15) is 5.10 Å². The number of nitrogens with zero attached hydrogens (tertiary/aromatic N) is 2. The number of aromatic amines is 1. The summed E-state index contributed by atoms with van der Waals surface area (Å²) < 4.78 is 34.8. The second kappa shape index (κ2) is 65.1. The zero-order chi connectivity index (χ0) is 101. The van der Waals surface area contributed by atoms with E-state index >= 15 is 0 Å². The van der Waals surface area contributed by atoms with Crippen molar-refractivity contribution in [2.45, 2.75) is 338 Å². The number of ether oxygens (including phenoxy) is 3. The summed E-state index contributed by atoms with van der Waals surface area (Å²) >= 11 is 7.01. The van der Waals surface area contributed by atoms with Gasteiger partial charge in [-0.1, -0.05) is 210 Å². The zero-order valence-corrected chi connectivity index (χ0v) is 108. The van der Waals surface area contributed by atoms with Crippen LogP contribution in [0.5, 0.6) is 0 Å². The Morgan fingerprint density at radius 2 is 0.923 bits per heavy atom. The van der Waals surface area contributed by atoms with Crippen LogP contribution < -0.4 is 172 Å². The number of alkyl halides is 1. The van der Waals surface area contributed by atoms with Gasteiger partial charge in [0.05, 0.1) is 32.5 Å². The summed E-state index contributed by atoms with van der Waals surface area (Å²) in [6.45, 7) is 38.8. The number of aliphatic hydroxyl groups is 1. The first-order valence-corrected chi connectivity index (χ1v) is 55.2. The number of rotatable bonds is 21. The summed E-state index contributed by atoms with van der Waals surface area (Å²) in [6, 6.07) is 54.4. The molecule has 2 N–H and O–H groups in total. The standard InChI is InChI=1S/C28H35N3O2Si.C17H24O2.C17H22O2.C16H23Br.C16H24O.C15H25BO4.C8H9Br.CH2O3.B.2Cs.Li.2H/c1-28(2,3)34(22-11-6-4-7-12-22,23-13-8-5-9-14-23)33-21-17-19-31(20-18-21)27(32)26-24-15-10-16-25(24)29-30-26;2*1-12-5-4-6-16(13(12)2)15-9-7-14(8-10-15)11-17(18)19-3;2*1-12-4-3-5-16(13(12)2)15-8-6-14(7-9-15)10-11-17;1-14(2)15(3,4)20-16(19-14)12-8-6-11(7-9-12)10-13(17)18-5;1-6-4-3-5-8(9)7(6)2;2-1-4-3;;;;;;/h4-9,11-14,21H,10,15-20H2,1-3H3,(H,29,30);4-6,14-15H,7-11H2,1-3H3;4-6,9,14H,7-8,10-11H2,1-3H3;3-5,14-15H,6-11H2,1-2H3;3-5,14-15,17H,6-11H2,1-2H3;8,11H,6-7,9-10H2,1-5H3;3-5H,1-2H3;1,3H;;;;;;/q;;;;;;;;;3*+1;2*-1/p-1. The predicted molar refractivity (Wildman–Crippen MR) is 582 cm³/mol. The number of hydrogen-bond donors (Lipinski definition) is 2. The van der Waals surface area contributed by atoms with Gasteiger partial charge in [-0.05, 0) is 415 Å². The van der Waals surface area contributed by atoms with Crippen LogP contribution in [0.25, 0.3) is 5.57 Å². The maximum absolute atomic E-state index is 13.2. The number of amides is 1. The van der Waals surface area contributed by atoms with Crippen molar-refractivity contribution >= 4 is 102 Å². The number of carbonyl (C=O) groups is 5. The molecule has 16 rings (SSSR count). The van der Waals surface area contributed by atoms with Gasteiger partial charge < -0.3 is 50.9 Å². The Bertz CT molecular complexity index is 5140. The average Bonchev–Trinajstić information content (AvgIpc) is 1.29. The molecule has 6 aliphatic carbocycles. The normalized spacial score (nSPS) is 20.3. The van der Waals surface area contributed by atoms with E-state index in [-0.39, 0.29) is 228 Å². The molecular weight excluding hydrogens is 2170 g/mol. The van der Waals surface area contributed by atoms with E-state index in [0.717, 1.165) is 125 Å². The fourth-order valence-corrected chi connectivity index (χ4v) is 27.2. The number of piperidine rings is 1. The quantitative estimate of drug-likeness (QED) is 0.0130. The van der Waals surface area contributed by atoms with Crippen molar-refractivity contribution in [2.24, 2.45) is 29.6 Å². The number of methoxy groups -OCH3 is 3. The number of hydrogen-bond acceptors (Lipinski definition) is 15. The van der Waals surface area contributed by atoms with Crippen molar-refractivity contribution in [3.63, 3.8) is 0 Å². The number of likely N-dealkylation sites (tertiary alicyclic amines) is 1. The third kappa shape index (κ3) is 38.3. The SMILES string of the molecule is CC(C)(C)[Si](OC1CCN(C(=O)c2n[nH]c3c2CCC3)CC1)(c1ccccc1)c1ccccc1.COC(=O)CC1CC=C(B2OC(C)(C)C(C)(C)O2)CC1.COC(=O)CC1CC=C(c2cccc(C)c2C)CC1.COC(=O)CC1CCC(c2cccc(C)c2C)CC1.Cc1cccc(Br)c1C.Cc1cccc(C2CCC(CCBr)CC2)c1C.Cc1cccc(C2CCC(CCO)CC2)c1C.O=CO[O-].[B].[Cs+].[Cs+].[H-].[H-].[Li+]. The molecule has 2 aliphatic heterocycles. The Morgan fingerprint density at radius 3 is 1.31 bits per heavy atom. The number of H-pyrrole nitrogens is 1. The first-order valence-electron chi connectivity index (χ1n) is 51.4. The van der Waals surface area contributed by atoms with Crippen molar-refractivity contribution in [3.8, 4) is 0 Å². The molecular formula is C118H165B2Br2Cs2LiN3O14Si. The van der Waals surface area contributed by atoms with Gasteiger partial charge in [0.2, 0.25) is 0 Å². The fourth-order valence-electron chi connectivity index (χ4n) is 21.3. The number of nitrogens with one attached hydrogen (secondary N) is 1. The van der Waals surface area contributed by atoms with Crippen LogP contribution in [-0.4, -0.2) is 138 Å². The van der Waals surface area contributed by atoms with Crippen LogP contribution in [0.1, 0.15) is 336 Å². The minimum atomic E-state index is -2.57. The molecule has 1 aromatic heterocycles. The molecule has 3 saturated carbocycles. The molecule has 17 nitrogen and oxygen atoms in total. The van der Waals surface area contributed by atoms with Crippen molar-refractivity contribution in [2.75, 3.05) is 46.4 Å². The second-order valence-electron chi connectivity index (χ2n) is 42.0. The van der Waals surface area contributed by atoms with Crippen LogP contribution in [0.15, 0.2) is 174 Å². The third-order valence-corrected chi connectivity index (χ3v) is 38.0. The Hall–Kier alpha value is -3.61. The van der Waals surface area contributed by atoms with E-state index in [1.807, 2.05) is 11.0 Å². The molecule has 1 amide bonds. The van der Waals surface area contributed by atoms with Gasteiger partial charge in [-0.15, -0.1) is 0 Å². The van der Waals surface area contributed by atoms with E-state index in [2.05, 4.69) is 322 Å². The van der Waals surface area contributed by atoms with Gasteiger partial charge in [0.1, 0.15) is 0 Å². The van der Waals surface area contributed by atoms with Crippen LogP contribution >= 0.6 is 31.9 Å². The number of halogens is 2. The minimum Gasteiger partial charge on any atom is -1.00 e. The number of aliphatic hydroxyl groups excluding tert-OH is 1. The topological polar surface area (TPSA) is 225 Å². The number of fused-ring (bicyclic) bond motifs is 1. The van der Waals surface area contributed by atoms with E-state index in [1.165, 1.54) is 190 Å². The van der Waals surface area contributed by atoms with Crippen molar-refractivity contribution < 1.29 is 227 Å². The molecule has 763 valence electrons. The number of carbonyl (C=O) groups excluding carboxylic acids is 5. The number of esters is 3. The van der Waals surface area contributed by atoms with E-state index < -0.39 is 8.32 Å². The molecule has 5 fully saturated rings. The van der Waals surface area contributed by atoms with Crippen LogP contribution in [0, 0.1) is 98.8 Å². The number of benzene rings is 7. The summed E-state index contributed by atoms with van der Waals surface area (Å²) in [4.78, 5) is 60.3. The summed E-state index contributed by atoms with van der Waals surface area (Å²) in [5.41, 5.74) is 25.1. The molecule has 3 heterocycles. The van der Waals surface area contributed by atoms with E-state index in [0.29, 0.717) is 68.3 Å². The summed E-state index contributed by atoms with van der Waals surface area (Å²) in [5.74, 6) is 5.13. The van der Waals surface area contributed by atoms with Crippen molar-refractivity contribution in [1.29, 1.82) is 0 Å². The molecule has 2 atom stereocenters. The van der Waals surface area contributed by atoms with Crippen LogP contribution in [0.3, 0.4) is 0 Å². The smallest absolute Gasteiger partial charge is 1.00 e. The van der Waals surface area contributed by atoms with Gasteiger partial charge in [0.15, 0.2) is 5.69 Å². The summed E-state index contributed by atoms with van der Waals surface area (Å²) in [6.07, 6.45) is 34.8. The molecule has 8 aliphatic rings. The van der Waals surface area contributed by atoms with Crippen molar-refractivity contribution in [1.82, 2.24) is 15.1 Å². The van der Waals surface area contributed by atoms with Crippen LogP contribution in [0.2, 0.25) is 5.04 Å². The maximum Gasteiger partial charge on any atom is 1.00 e. The Labute approximate surface area is 1010 Å². The van der Waals surface area contributed by atoms with Gasteiger partial charge in [-0.25, -0.2) is 0 Å². The van der Waals surface area contributed by atoms with Crippen molar-refractivity contribution in [3.05, 3.63) is 269 Å². The van der Waals surface area contributed by atoms with Gasteiger partial charge in [0.25, 0.3) is 20.7 Å². The van der Waals surface area contributed by atoms with E-state index in [1.54, 1.807) is 11.1 Å². The summed E-state index contributed by atoms with van der Waals surface area (Å²) in [5, 5.41) is 28.6. The first kappa shape index (κ1) is 130. The molecule has 0 spiro atoms. The number of allylic oxidation sites excluding steroid dienone is 4. The molecule has 7 aromatic carbocycles. The Morgan fingerprint density at radius 1 is 0.524 bits per heavy atom. The second-order valence-corrected chi connectivity index (χ2v) is 47.9. The summed E-state index contributed by atoms with van der Waals surface area (Å²) in [7, 11) is 1.57. The maximum atomic E-state index is 13.2. The number of aryl methyl sites for hydroxylation is 6. The fraction of sp³-hybridized carbons (Fsp3) is 0.542. The zero-order valence-electron chi connectivity index (χ0n) is 93.0. The molecule has 0 bridgehead atoms. The van der Waals surface area contributed by atoms with E-state index in [9.17, 15) is 19.2 Å². The average molecular weight is 2330 g/mol. The molecule has 8 aromatic rings. The third-order valence-electron chi connectivity index (χ3n) is 31.6. The predicted octanol–water partition coefficient (Wildman–Crippen LogP) is 16.9. The Balaban J connectivity index is 0.000000440. The Kier molecular flexibility index (Phi) is 59.1. The molecule has 25 heteroatoms.